The van der Waals surface area contributed by atoms with E-state index in [0.29, 0.717) is 5.41 Å². The number of hydrogen-bond acceptors (Lipinski definition) is 2. The summed E-state index contributed by atoms with van der Waals surface area (Å²) in [6.07, 6.45) is 11.6. The van der Waals surface area contributed by atoms with Crippen molar-refractivity contribution in [3.8, 4) is 0 Å². The topological polar surface area (TPSA) is 15.3 Å². The average molecular weight is 280 g/mol. The molecule has 2 aliphatic carbocycles. The lowest BCUT2D eigenvalue weighted by atomic mass is 9.69. The van der Waals surface area contributed by atoms with E-state index in [-0.39, 0.29) is 0 Å². The SMILES string of the molecule is CCNCC1(CN(C)CC2CCCC2)CCCC(C)C1. The molecule has 1 N–H and O–H groups in total. The molecule has 0 aromatic rings. The quantitative estimate of drug-likeness (QED) is 0.760. The maximum Gasteiger partial charge on any atom is 0.00473 e. The van der Waals surface area contributed by atoms with Crippen molar-refractivity contribution in [2.75, 3.05) is 33.2 Å². The van der Waals surface area contributed by atoms with Crippen LogP contribution >= 0.6 is 0 Å². The Hall–Kier alpha value is -0.0800. The van der Waals surface area contributed by atoms with E-state index >= 15 is 0 Å². The summed E-state index contributed by atoms with van der Waals surface area (Å²) in [5.74, 6) is 1.90. The maximum absolute atomic E-state index is 3.65. The molecule has 0 heterocycles. The van der Waals surface area contributed by atoms with Crippen molar-refractivity contribution >= 4 is 0 Å². The van der Waals surface area contributed by atoms with E-state index in [1.54, 1.807) is 0 Å². The van der Waals surface area contributed by atoms with Gasteiger partial charge in [0.05, 0.1) is 0 Å². The highest BCUT2D eigenvalue weighted by molar-refractivity contribution is 4.90. The van der Waals surface area contributed by atoms with Gasteiger partial charge in [-0.15, -0.1) is 0 Å². The van der Waals surface area contributed by atoms with Gasteiger partial charge in [-0.1, -0.05) is 39.5 Å². The first-order valence-electron chi connectivity index (χ1n) is 9.03. The average Bonchev–Trinajstić information content (AvgIpc) is 2.89. The van der Waals surface area contributed by atoms with E-state index in [2.05, 4.69) is 31.1 Å². The molecule has 0 saturated heterocycles. The van der Waals surface area contributed by atoms with Gasteiger partial charge in [0.1, 0.15) is 0 Å². The molecule has 2 atom stereocenters. The van der Waals surface area contributed by atoms with Gasteiger partial charge in [0.15, 0.2) is 0 Å². The fourth-order valence-electron chi connectivity index (χ4n) is 4.79. The lowest BCUT2D eigenvalue weighted by Crippen LogP contribution is -2.46. The van der Waals surface area contributed by atoms with Crippen LogP contribution in [0.15, 0.2) is 0 Å². The highest BCUT2D eigenvalue weighted by Crippen LogP contribution is 2.40. The van der Waals surface area contributed by atoms with Crippen LogP contribution in [0.4, 0.5) is 0 Å². The summed E-state index contributed by atoms with van der Waals surface area (Å²) in [5, 5.41) is 3.65. The van der Waals surface area contributed by atoms with E-state index in [1.165, 1.54) is 71.0 Å². The molecular formula is C18H36N2. The van der Waals surface area contributed by atoms with E-state index < -0.39 is 0 Å². The molecule has 2 fully saturated rings. The first kappa shape index (κ1) is 16.3. The zero-order valence-electron chi connectivity index (χ0n) is 14.1. The molecule has 0 radical (unpaired) electrons. The molecular weight excluding hydrogens is 244 g/mol. The Balaban J connectivity index is 1.88. The predicted molar refractivity (Wildman–Crippen MR) is 88.1 cm³/mol. The molecule has 20 heavy (non-hydrogen) atoms. The van der Waals surface area contributed by atoms with Crippen LogP contribution in [0.2, 0.25) is 0 Å². The van der Waals surface area contributed by atoms with Crippen LogP contribution < -0.4 is 5.32 Å². The largest absolute Gasteiger partial charge is 0.316 e. The summed E-state index contributed by atoms with van der Waals surface area (Å²) < 4.78 is 0. The van der Waals surface area contributed by atoms with Crippen molar-refractivity contribution in [3.05, 3.63) is 0 Å². The van der Waals surface area contributed by atoms with Crippen LogP contribution in [-0.4, -0.2) is 38.1 Å². The van der Waals surface area contributed by atoms with E-state index in [4.69, 9.17) is 0 Å². The summed E-state index contributed by atoms with van der Waals surface area (Å²) >= 11 is 0. The smallest absolute Gasteiger partial charge is 0.00473 e. The van der Waals surface area contributed by atoms with Crippen LogP contribution in [0, 0.1) is 17.3 Å². The van der Waals surface area contributed by atoms with Crippen molar-refractivity contribution in [1.82, 2.24) is 10.2 Å². The zero-order chi connectivity index (χ0) is 14.4. The highest BCUT2D eigenvalue weighted by atomic mass is 15.1. The van der Waals surface area contributed by atoms with Crippen molar-refractivity contribution in [2.45, 2.75) is 65.2 Å². The van der Waals surface area contributed by atoms with Crippen LogP contribution in [0.25, 0.3) is 0 Å². The Kier molecular flexibility index (Phi) is 6.35. The first-order valence-corrected chi connectivity index (χ1v) is 9.03. The van der Waals surface area contributed by atoms with Gasteiger partial charge in [-0.05, 0) is 56.5 Å². The van der Waals surface area contributed by atoms with Crippen molar-refractivity contribution < 1.29 is 0 Å². The molecule has 2 rings (SSSR count). The van der Waals surface area contributed by atoms with Gasteiger partial charge in [0.2, 0.25) is 0 Å². The summed E-state index contributed by atoms with van der Waals surface area (Å²) in [4.78, 5) is 2.66. The Morgan fingerprint density at radius 1 is 1.15 bits per heavy atom. The minimum absolute atomic E-state index is 0.543. The fraction of sp³-hybridized carbons (Fsp3) is 1.00. The van der Waals surface area contributed by atoms with Gasteiger partial charge in [-0.25, -0.2) is 0 Å². The van der Waals surface area contributed by atoms with E-state index in [0.717, 1.165) is 18.4 Å². The minimum atomic E-state index is 0.543. The van der Waals surface area contributed by atoms with E-state index in [1.807, 2.05) is 0 Å². The van der Waals surface area contributed by atoms with Gasteiger partial charge in [0, 0.05) is 19.6 Å². The number of nitrogens with one attached hydrogen (secondary N) is 1. The standard InChI is InChI=1S/C18H36N2/c1-4-19-14-18(11-7-8-16(2)12-18)15-20(3)13-17-9-5-6-10-17/h16-17,19H,4-15H2,1-3H3. The molecule has 2 unspecified atom stereocenters. The fourth-order valence-corrected chi connectivity index (χ4v) is 4.79. The minimum Gasteiger partial charge on any atom is -0.316 e. The predicted octanol–water partition coefficient (Wildman–Crippen LogP) is 3.91. The third-order valence-corrected chi connectivity index (χ3v) is 5.59. The van der Waals surface area contributed by atoms with E-state index in [9.17, 15) is 0 Å². The summed E-state index contributed by atoms with van der Waals surface area (Å²) in [7, 11) is 2.37. The van der Waals surface area contributed by atoms with Crippen LogP contribution in [0.3, 0.4) is 0 Å². The molecule has 0 aromatic carbocycles. The van der Waals surface area contributed by atoms with Gasteiger partial charge in [-0.2, -0.15) is 0 Å². The molecule has 2 heteroatoms. The molecule has 2 aliphatic rings. The number of nitrogens with zero attached hydrogens (tertiary/aromatic N) is 1. The van der Waals surface area contributed by atoms with Crippen LogP contribution in [0.5, 0.6) is 0 Å². The van der Waals surface area contributed by atoms with Gasteiger partial charge < -0.3 is 10.2 Å². The van der Waals surface area contributed by atoms with Crippen molar-refractivity contribution in [3.63, 3.8) is 0 Å². The highest BCUT2D eigenvalue weighted by Gasteiger charge is 2.35. The third kappa shape index (κ3) is 4.73. The molecule has 0 spiro atoms. The normalized spacial score (nSPS) is 32.1. The Morgan fingerprint density at radius 3 is 2.55 bits per heavy atom. The Labute approximate surface area is 126 Å². The third-order valence-electron chi connectivity index (χ3n) is 5.59. The molecule has 2 nitrogen and oxygen atoms in total. The Morgan fingerprint density at radius 2 is 1.90 bits per heavy atom. The summed E-state index contributed by atoms with van der Waals surface area (Å²) in [6, 6.07) is 0. The lowest BCUT2D eigenvalue weighted by Gasteiger charge is -2.43. The maximum atomic E-state index is 3.65. The summed E-state index contributed by atoms with van der Waals surface area (Å²) in [6.45, 7) is 9.67. The lowest BCUT2D eigenvalue weighted by molar-refractivity contribution is 0.0857. The van der Waals surface area contributed by atoms with Crippen LogP contribution in [-0.2, 0) is 0 Å². The van der Waals surface area contributed by atoms with Gasteiger partial charge in [0.25, 0.3) is 0 Å². The zero-order valence-corrected chi connectivity index (χ0v) is 14.1. The molecule has 2 saturated carbocycles. The van der Waals surface area contributed by atoms with Gasteiger partial charge in [-0.3, -0.25) is 0 Å². The molecule has 118 valence electrons. The van der Waals surface area contributed by atoms with Crippen LogP contribution in [0.1, 0.15) is 65.2 Å². The van der Waals surface area contributed by atoms with Crippen molar-refractivity contribution in [1.29, 1.82) is 0 Å². The monoisotopic (exact) mass is 280 g/mol. The number of rotatable bonds is 7. The first-order chi connectivity index (χ1) is 9.63. The molecule has 0 aliphatic heterocycles. The van der Waals surface area contributed by atoms with Gasteiger partial charge >= 0.3 is 0 Å². The second-order valence-electron chi connectivity index (χ2n) is 7.83. The molecule has 0 aromatic heterocycles. The second-order valence-corrected chi connectivity index (χ2v) is 7.83. The second kappa shape index (κ2) is 7.79. The van der Waals surface area contributed by atoms with Crippen molar-refractivity contribution in [2.24, 2.45) is 17.3 Å². The summed E-state index contributed by atoms with van der Waals surface area (Å²) in [5.41, 5.74) is 0.543. The Bertz CT molecular complexity index is 273. The molecule has 0 bridgehead atoms. The number of hydrogen-bond donors (Lipinski definition) is 1. The molecule has 0 amide bonds.